The molecule has 5 nitrogen and oxygen atoms in total. The minimum atomic E-state index is -0.589. The molecule has 30 heavy (non-hydrogen) atoms. The van der Waals surface area contributed by atoms with E-state index in [9.17, 15) is 13.6 Å². The second-order valence-electron chi connectivity index (χ2n) is 8.48. The zero-order valence-corrected chi connectivity index (χ0v) is 17.8. The van der Waals surface area contributed by atoms with Crippen LogP contribution in [0.2, 0.25) is 0 Å². The van der Waals surface area contributed by atoms with Gasteiger partial charge >= 0.3 is 0 Å². The molecule has 0 spiro atoms. The summed E-state index contributed by atoms with van der Waals surface area (Å²) in [6.45, 7) is 5.47. The Morgan fingerprint density at radius 1 is 1.13 bits per heavy atom. The molecule has 3 aliphatic rings. The molecule has 5 rings (SSSR count). The number of rotatable bonds is 4. The topological polar surface area (TPSA) is 39.7 Å². The SMILES string of the molecule is O=C(CN1CCc2nc(-c3ccc(F)cc3F)sc2C1)N1CCN(C2CCC2)CC1. The van der Waals surface area contributed by atoms with Crippen LogP contribution in [0.3, 0.4) is 0 Å². The number of benzene rings is 1. The van der Waals surface area contributed by atoms with E-state index in [0.717, 1.165) is 61.8 Å². The minimum Gasteiger partial charge on any atom is -0.339 e. The maximum Gasteiger partial charge on any atom is 0.236 e. The predicted octanol–water partition coefficient (Wildman–Crippen LogP) is 3.14. The van der Waals surface area contributed by atoms with Crippen molar-refractivity contribution < 1.29 is 13.6 Å². The summed E-state index contributed by atoms with van der Waals surface area (Å²) in [5.41, 5.74) is 1.30. The molecule has 0 unspecified atom stereocenters. The lowest BCUT2D eigenvalue weighted by molar-refractivity contribution is -0.135. The van der Waals surface area contributed by atoms with Crippen LogP contribution in [0.15, 0.2) is 18.2 Å². The van der Waals surface area contributed by atoms with Crippen LogP contribution in [-0.4, -0.2) is 70.9 Å². The molecule has 1 aliphatic carbocycles. The molecule has 0 radical (unpaired) electrons. The molecule has 1 aromatic heterocycles. The number of fused-ring (bicyclic) bond motifs is 1. The monoisotopic (exact) mass is 432 g/mol. The number of hydrogen-bond acceptors (Lipinski definition) is 5. The highest BCUT2D eigenvalue weighted by Crippen LogP contribution is 2.33. The zero-order chi connectivity index (χ0) is 20.7. The van der Waals surface area contributed by atoms with Crippen molar-refractivity contribution in [2.75, 3.05) is 39.3 Å². The number of carbonyl (C=O) groups is 1. The second-order valence-corrected chi connectivity index (χ2v) is 9.56. The van der Waals surface area contributed by atoms with Gasteiger partial charge in [-0.2, -0.15) is 0 Å². The molecule has 1 saturated heterocycles. The van der Waals surface area contributed by atoms with Gasteiger partial charge in [0.2, 0.25) is 5.91 Å². The first-order valence-electron chi connectivity index (χ1n) is 10.7. The molecule has 1 aromatic carbocycles. The molecular formula is C22H26F2N4OS. The van der Waals surface area contributed by atoms with Gasteiger partial charge in [-0.3, -0.25) is 14.6 Å². The molecule has 8 heteroatoms. The van der Waals surface area contributed by atoms with Crippen LogP contribution in [0.25, 0.3) is 10.6 Å². The van der Waals surface area contributed by atoms with Crippen molar-refractivity contribution >= 4 is 17.2 Å². The van der Waals surface area contributed by atoms with E-state index in [1.165, 1.54) is 42.7 Å². The van der Waals surface area contributed by atoms with Gasteiger partial charge in [-0.05, 0) is 25.0 Å². The van der Waals surface area contributed by atoms with Crippen molar-refractivity contribution in [3.05, 3.63) is 40.4 Å². The van der Waals surface area contributed by atoms with E-state index in [2.05, 4.69) is 14.8 Å². The quantitative estimate of drug-likeness (QED) is 0.744. The van der Waals surface area contributed by atoms with E-state index in [0.29, 0.717) is 23.7 Å². The third-order valence-electron chi connectivity index (χ3n) is 6.59. The summed E-state index contributed by atoms with van der Waals surface area (Å²) < 4.78 is 27.3. The lowest BCUT2D eigenvalue weighted by atomic mass is 9.91. The fraction of sp³-hybridized carbons (Fsp3) is 0.545. The van der Waals surface area contributed by atoms with Crippen molar-refractivity contribution in [3.63, 3.8) is 0 Å². The van der Waals surface area contributed by atoms with Gasteiger partial charge in [0.1, 0.15) is 16.6 Å². The van der Waals surface area contributed by atoms with Crippen LogP contribution in [0.4, 0.5) is 8.78 Å². The number of aromatic nitrogens is 1. The van der Waals surface area contributed by atoms with Crippen molar-refractivity contribution in [1.29, 1.82) is 0 Å². The van der Waals surface area contributed by atoms with Crippen molar-refractivity contribution in [2.45, 2.75) is 38.3 Å². The van der Waals surface area contributed by atoms with Crippen LogP contribution in [0.1, 0.15) is 29.8 Å². The Hall–Kier alpha value is -1.90. The molecule has 160 valence electrons. The van der Waals surface area contributed by atoms with E-state index in [1.54, 1.807) is 0 Å². The maximum absolute atomic E-state index is 14.1. The number of nitrogens with zero attached hydrogens (tertiary/aromatic N) is 4. The largest absolute Gasteiger partial charge is 0.339 e. The van der Waals surface area contributed by atoms with Crippen molar-refractivity contribution in [1.82, 2.24) is 19.7 Å². The summed E-state index contributed by atoms with van der Waals surface area (Å²) in [6, 6.07) is 4.34. The van der Waals surface area contributed by atoms with Gasteiger partial charge in [0, 0.05) is 68.2 Å². The van der Waals surface area contributed by atoms with Gasteiger partial charge in [0.05, 0.1) is 12.2 Å². The highest BCUT2D eigenvalue weighted by Gasteiger charge is 2.30. The number of thiazole rings is 1. The highest BCUT2D eigenvalue weighted by molar-refractivity contribution is 7.15. The van der Waals surface area contributed by atoms with Gasteiger partial charge in [0.15, 0.2) is 0 Å². The Balaban J connectivity index is 1.19. The summed E-state index contributed by atoms with van der Waals surface area (Å²) in [5, 5.41) is 0.581. The molecular weight excluding hydrogens is 406 g/mol. The van der Waals surface area contributed by atoms with Gasteiger partial charge in [-0.25, -0.2) is 13.8 Å². The van der Waals surface area contributed by atoms with E-state index >= 15 is 0 Å². The Labute approximate surface area is 179 Å². The third kappa shape index (κ3) is 4.00. The third-order valence-corrected chi connectivity index (χ3v) is 7.70. The van der Waals surface area contributed by atoms with Gasteiger partial charge in [-0.1, -0.05) is 6.42 Å². The predicted molar refractivity (Wildman–Crippen MR) is 112 cm³/mol. The van der Waals surface area contributed by atoms with Crippen LogP contribution in [-0.2, 0) is 17.8 Å². The summed E-state index contributed by atoms with van der Waals surface area (Å²) in [7, 11) is 0. The standard InChI is InChI=1S/C22H26F2N4OS/c23-15-4-5-17(18(24)12-15)22-25-19-6-7-26(13-20(19)30-22)14-21(29)28-10-8-27(9-11-28)16-2-1-3-16/h4-5,12,16H,1-3,6-11,13-14H2. The molecule has 0 atom stereocenters. The zero-order valence-electron chi connectivity index (χ0n) is 16.9. The number of amides is 1. The molecule has 2 aromatic rings. The van der Waals surface area contributed by atoms with Gasteiger partial charge in [-0.15, -0.1) is 11.3 Å². The average Bonchev–Trinajstić information content (AvgIpc) is 3.10. The molecule has 2 fully saturated rings. The molecule has 1 amide bonds. The minimum absolute atomic E-state index is 0.195. The van der Waals surface area contributed by atoms with E-state index in [1.807, 2.05) is 4.90 Å². The molecule has 3 heterocycles. The Morgan fingerprint density at radius 2 is 1.93 bits per heavy atom. The Kier molecular flexibility index (Phi) is 5.56. The van der Waals surface area contributed by atoms with Crippen LogP contribution < -0.4 is 0 Å². The van der Waals surface area contributed by atoms with E-state index < -0.39 is 11.6 Å². The first-order valence-corrected chi connectivity index (χ1v) is 11.6. The number of halogens is 2. The van der Waals surface area contributed by atoms with Crippen LogP contribution >= 0.6 is 11.3 Å². The first kappa shape index (κ1) is 20.0. The second kappa shape index (κ2) is 8.32. The summed E-state index contributed by atoms with van der Waals surface area (Å²) in [6.07, 6.45) is 4.71. The fourth-order valence-electron chi connectivity index (χ4n) is 4.54. The summed E-state index contributed by atoms with van der Waals surface area (Å²) >= 11 is 1.44. The van der Waals surface area contributed by atoms with E-state index in [-0.39, 0.29) is 5.91 Å². The van der Waals surface area contributed by atoms with Crippen molar-refractivity contribution in [2.24, 2.45) is 0 Å². The molecule has 1 saturated carbocycles. The van der Waals surface area contributed by atoms with Crippen LogP contribution in [0, 0.1) is 11.6 Å². The van der Waals surface area contributed by atoms with E-state index in [4.69, 9.17) is 0 Å². The Bertz CT molecular complexity index is 937. The smallest absolute Gasteiger partial charge is 0.236 e. The fourth-order valence-corrected chi connectivity index (χ4v) is 5.72. The normalized spacial score (nSPS) is 20.8. The number of piperazine rings is 1. The maximum atomic E-state index is 14.1. The molecule has 0 bridgehead atoms. The first-order chi connectivity index (χ1) is 14.6. The van der Waals surface area contributed by atoms with Crippen LogP contribution in [0.5, 0.6) is 0 Å². The Morgan fingerprint density at radius 3 is 2.63 bits per heavy atom. The molecule has 0 N–H and O–H groups in total. The molecule has 2 aliphatic heterocycles. The summed E-state index contributed by atoms with van der Waals surface area (Å²) in [5.74, 6) is -0.981. The highest BCUT2D eigenvalue weighted by atomic mass is 32.1. The lowest BCUT2D eigenvalue weighted by Gasteiger charge is -2.43. The number of hydrogen-bond donors (Lipinski definition) is 0. The van der Waals surface area contributed by atoms with Gasteiger partial charge in [0.25, 0.3) is 0 Å². The number of carbonyl (C=O) groups excluding carboxylic acids is 1. The van der Waals surface area contributed by atoms with Gasteiger partial charge < -0.3 is 4.90 Å². The average molecular weight is 433 g/mol. The summed E-state index contributed by atoms with van der Waals surface area (Å²) in [4.78, 5) is 25.2. The van der Waals surface area contributed by atoms with Crippen molar-refractivity contribution in [3.8, 4) is 10.6 Å². The lowest BCUT2D eigenvalue weighted by Crippen LogP contribution is -2.55.